The fourth-order valence-electron chi connectivity index (χ4n) is 3.63. The number of rotatable bonds is 5. The van der Waals surface area contributed by atoms with E-state index in [2.05, 4.69) is 21.2 Å². The van der Waals surface area contributed by atoms with E-state index in [0.717, 1.165) is 5.56 Å². The number of fused-ring (bicyclic) bond motifs is 1. The summed E-state index contributed by atoms with van der Waals surface area (Å²) in [5.74, 6) is 0.0472. The van der Waals surface area contributed by atoms with E-state index in [1.54, 1.807) is 29.7 Å². The van der Waals surface area contributed by atoms with Gasteiger partial charge in [0.2, 0.25) is 0 Å². The molecular formula is C21H18BrCl2N5O3. The Labute approximate surface area is 203 Å². The van der Waals surface area contributed by atoms with E-state index in [-0.39, 0.29) is 18.2 Å². The minimum Gasteiger partial charge on any atom is -1.00 e. The zero-order valence-electron chi connectivity index (χ0n) is 16.8. The first-order valence-corrected chi connectivity index (χ1v) is 11.0. The third-order valence-corrected chi connectivity index (χ3v) is 5.67. The predicted molar refractivity (Wildman–Crippen MR) is 121 cm³/mol. The number of hydrogen-bond donors (Lipinski definition) is 1. The van der Waals surface area contributed by atoms with Crippen molar-refractivity contribution < 1.29 is 26.7 Å². The van der Waals surface area contributed by atoms with Gasteiger partial charge in [0.15, 0.2) is 6.20 Å². The number of nitrogens with zero attached hydrogens (tertiary/aromatic N) is 4. The average Bonchev–Trinajstić information content (AvgIpc) is 2.99. The topological polar surface area (TPSA) is 93.4 Å². The lowest BCUT2D eigenvalue weighted by molar-refractivity contribution is -0.713. The number of imidazole rings is 1. The Kier molecular flexibility index (Phi) is 7.33. The molecule has 1 aromatic heterocycles. The smallest absolute Gasteiger partial charge is 0.365 e. The van der Waals surface area contributed by atoms with Crippen molar-refractivity contribution in [1.29, 1.82) is 0 Å². The monoisotopic (exact) mass is 537 g/mol. The van der Waals surface area contributed by atoms with Crippen molar-refractivity contribution in [3.05, 3.63) is 86.8 Å². The van der Waals surface area contributed by atoms with Gasteiger partial charge in [0.1, 0.15) is 6.54 Å². The van der Waals surface area contributed by atoms with E-state index in [4.69, 9.17) is 16.6 Å². The number of amides is 1. The zero-order valence-corrected chi connectivity index (χ0v) is 19.9. The van der Waals surface area contributed by atoms with Crippen molar-refractivity contribution in [2.45, 2.75) is 19.6 Å². The normalized spacial score (nSPS) is 15.2. The second-order valence-corrected chi connectivity index (χ2v) is 8.17. The Morgan fingerprint density at radius 1 is 1.28 bits per heavy atom. The summed E-state index contributed by atoms with van der Waals surface area (Å²) >= 11 is 9.56. The van der Waals surface area contributed by atoms with Crippen LogP contribution in [0.5, 0.6) is 0 Å². The standard InChI is InChI=1S/C21H17BrClN5O3.ClH/c1-13-26(10-9-22)18(28(30)31)12-27(13)20-21(29)24-17-8-7-15(23)11-16(17)19(25-20)14-5-3-2-4-6-14;/h2-8,11-12,20H,9-10H2,1H3;1H. The molecule has 32 heavy (non-hydrogen) atoms. The molecule has 0 saturated heterocycles. The highest BCUT2D eigenvalue weighted by molar-refractivity contribution is 9.09. The number of aliphatic imine (C=N–C) groups is 1. The van der Waals surface area contributed by atoms with Gasteiger partial charge < -0.3 is 27.8 Å². The minimum atomic E-state index is -1.03. The van der Waals surface area contributed by atoms with E-state index in [0.29, 0.717) is 39.7 Å². The first-order chi connectivity index (χ1) is 14.9. The molecule has 1 unspecified atom stereocenters. The van der Waals surface area contributed by atoms with Crippen LogP contribution in [-0.4, -0.2) is 26.4 Å². The fraction of sp³-hybridized carbons (Fsp3) is 0.190. The zero-order chi connectivity index (χ0) is 22.1. The van der Waals surface area contributed by atoms with E-state index >= 15 is 0 Å². The van der Waals surface area contributed by atoms with Crippen LogP contribution in [0.15, 0.2) is 59.7 Å². The van der Waals surface area contributed by atoms with Crippen LogP contribution < -0.4 is 22.3 Å². The van der Waals surface area contributed by atoms with Crippen LogP contribution >= 0.6 is 27.5 Å². The number of hydrogen-bond acceptors (Lipinski definition) is 4. The second kappa shape index (κ2) is 9.81. The van der Waals surface area contributed by atoms with Crippen molar-refractivity contribution in [2.24, 2.45) is 4.99 Å². The lowest BCUT2D eigenvalue weighted by Crippen LogP contribution is -3.00. The summed E-state index contributed by atoms with van der Waals surface area (Å²) in [5.41, 5.74) is 2.64. The molecule has 1 aliphatic heterocycles. The van der Waals surface area contributed by atoms with E-state index in [1.807, 2.05) is 30.3 Å². The molecule has 2 heterocycles. The maximum absolute atomic E-state index is 13.2. The molecule has 4 rings (SSSR count). The van der Waals surface area contributed by atoms with Gasteiger partial charge in [-0.1, -0.05) is 57.9 Å². The molecule has 0 radical (unpaired) electrons. The number of benzodiazepines with no additional fused rings is 1. The molecule has 0 aliphatic carbocycles. The lowest BCUT2D eigenvalue weighted by atomic mass is 10.0. The third kappa shape index (κ3) is 4.41. The summed E-state index contributed by atoms with van der Waals surface area (Å²) in [6.07, 6.45) is 0.328. The Morgan fingerprint density at radius 3 is 2.66 bits per heavy atom. The number of halogens is 3. The minimum absolute atomic E-state index is 0. The fourth-order valence-corrected chi connectivity index (χ4v) is 4.16. The van der Waals surface area contributed by atoms with Crippen molar-refractivity contribution in [3.8, 4) is 0 Å². The molecule has 8 nitrogen and oxygen atoms in total. The molecule has 0 bridgehead atoms. The van der Waals surface area contributed by atoms with Gasteiger partial charge in [-0.25, -0.2) is 4.99 Å². The van der Waals surface area contributed by atoms with Gasteiger partial charge in [0, 0.05) is 28.4 Å². The van der Waals surface area contributed by atoms with Gasteiger partial charge in [0.05, 0.1) is 11.4 Å². The van der Waals surface area contributed by atoms with E-state index in [9.17, 15) is 14.9 Å². The molecule has 1 aliphatic rings. The molecule has 3 aromatic rings. The molecule has 0 saturated carbocycles. The Hall–Kier alpha value is -2.75. The van der Waals surface area contributed by atoms with E-state index < -0.39 is 17.0 Å². The van der Waals surface area contributed by atoms with Crippen molar-refractivity contribution >= 4 is 50.7 Å². The molecule has 166 valence electrons. The Bertz CT molecular complexity index is 1210. The van der Waals surface area contributed by atoms with Crippen LogP contribution in [0, 0.1) is 17.0 Å². The summed E-state index contributed by atoms with van der Waals surface area (Å²) < 4.78 is 3.08. The van der Waals surface area contributed by atoms with Gasteiger partial charge >= 0.3 is 5.82 Å². The number of aromatic nitrogens is 2. The number of carbonyl (C=O) groups excluding carboxylic acids is 1. The molecule has 0 spiro atoms. The Balaban J connectivity index is 0.00000289. The third-order valence-electron chi connectivity index (χ3n) is 5.08. The first kappa shape index (κ1) is 23.9. The largest absolute Gasteiger partial charge is 1.00 e. The summed E-state index contributed by atoms with van der Waals surface area (Å²) in [6.45, 7) is 2.12. The van der Waals surface area contributed by atoms with Gasteiger partial charge in [-0.2, -0.15) is 9.13 Å². The number of nitrogens with one attached hydrogen (secondary N) is 1. The SMILES string of the molecule is Cc1n(CCBr)c([N+](=O)[O-])c[n+]1C1N=C(c2ccccc2)c2cc(Cl)ccc2NC1=O.[Cl-]. The van der Waals surface area contributed by atoms with Crippen LogP contribution in [0.3, 0.4) is 0 Å². The molecule has 11 heteroatoms. The summed E-state index contributed by atoms with van der Waals surface area (Å²) in [6, 6.07) is 14.6. The molecular weight excluding hydrogens is 521 g/mol. The van der Waals surface area contributed by atoms with Gasteiger partial charge in [-0.3, -0.25) is 4.79 Å². The summed E-state index contributed by atoms with van der Waals surface area (Å²) in [5, 5.41) is 15.5. The summed E-state index contributed by atoms with van der Waals surface area (Å²) in [4.78, 5) is 29.1. The molecule has 2 aromatic carbocycles. The first-order valence-electron chi connectivity index (χ1n) is 9.46. The van der Waals surface area contributed by atoms with Crippen molar-refractivity contribution in [1.82, 2.24) is 4.57 Å². The highest BCUT2D eigenvalue weighted by atomic mass is 79.9. The number of alkyl halides is 1. The second-order valence-electron chi connectivity index (χ2n) is 6.94. The molecule has 1 amide bonds. The maximum atomic E-state index is 13.2. The van der Waals surface area contributed by atoms with Gasteiger partial charge in [0.25, 0.3) is 17.9 Å². The lowest BCUT2D eigenvalue weighted by Gasteiger charge is -2.10. The number of benzene rings is 2. The van der Waals surface area contributed by atoms with Crippen molar-refractivity contribution in [3.63, 3.8) is 0 Å². The van der Waals surface area contributed by atoms with Crippen LogP contribution in [0.1, 0.15) is 23.1 Å². The number of nitro groups is 1. The number of carbonyl (C=O) groups is 1. The van der Waals surface area contributed by atoms with Crippen LogP contribution in [0.4, 0.5) is 11.5 Å². The van der Waals surface area contributed by atoms with Crippen LogP contribution in [-0.2, 0) is 11.3 Å². The molecule has 1 atom stereocenters. The maximum Gasteiger partial charge on any atom is 0.365 e. The highest BCUT2D eigenvalue weighted by Gasteiger charge is 2.35. The van der Waals surface area contributed by atoms with Crippen LogP contribution in [0.2, 0.25) is 5.02 Å². The quantitative estimate of drug-likeness (QED) is 0.227. The highest BCUT2D eigenvalue weighted by Crippen LogP contribution is 2.29. The molecule has 0 fully saturated rings. The average molecular weight is 539 g/mol. The van der Waals surface area contributed by atoms with Gasteiger partial charge in [-0.15, -0.1) is 0 Å². The molecule has 1 N–H and O–H groups in total. The van der Waals surface area contributed by atoms with E-state index in [1.165, 1.54) is 10.8 Å². The number of anilines is 1. The van der Waals surface area contributed by atoms with Crippen molar-refractivity contribution in [2.75, 3.05) is 10.6 Å². The van der Waals surface area contributed by atoms with Gasteiger partial charge in [-0.05, 0) is 23.1 Å². The van der Waals surface area contributed by atoms with Crippen LogP contribution in [0.25, 0.3) is 0 Å². The summed E-state index contributed by atoms with van der Waals surface area (Å²) in [7, 11) is 0. The Morgan fingerprint density at radius 2 is 2.00 bits per heavy atom. The predicted octanol–water partition coefficient (Wildman–Crippen LogP) is 1.03.